The topological polar surface area (TPSA) is 73.2 Å². The number of imide groups is 1. The highest BCUT2D eigenvalue weighted by molar-refractivity contribution is 6.23. The Morgan fingerprint density at radius 3 is 2.33 bits per heavy atom. The van der Waals surface area contributed by atoms with E-state index in [4.69, 9.17) is 0 Å². The Morgan fingerprint density at radius 1 is 1.12 bits per heavy atom. The number of urea groups is 1. The second-order valence-electron chi connectivity index (χ2n) is 6.04. The van der Waals surface area contributed by atoms with Gasteiger partial charge in [0.25, 0.3) is 5.91 Å². The fourth-order valence-corrected chi connectivity index (χ4v) is 2.62. The molecule has 3 rings (SSSR count). The lowest BCUT2D eigenvalue weighted by molar-refractivity contribution is -0.121. The van der Waals surface area contributed by atoms with Crippen molar-refractivity contribution in [2.24, 2.45) is 0 Å². The zero-order chi connectivity index (χ0) is 17.5. The summed E-state index contributed by atoms with van der Waals surface area (Å²) >= 11 is 0. The minimum absolute atomic E-state index is 0.362. The molecule has 0 aliphatic carbocycles. The molecule has 1 aliphatic rings. The predicted molar refractivity (Wildman–Crippen MR) is 86.6 cm³/mol. The summed E-state index contributed by atoms with van der Waals surface area (Å²) in [5.41, 5.74) is 0.903. The lowest BCUT2D eigenvalue weighted by Gasteiger charge is -2.17. The van der Waals surface area contributed by atoms with E-state index in [2.05, 4.69) is 11.4 Å². The van der Waals surface area contributed by atoms with Gasteiger partial charge in [0.05, 0.1) is 17.3 Å². The summed E-state index contributed by atoms with van der Waals surface area (Å²) in [5, 5.41) is 11.9. The third-order valence-electron chi connectivity index (χ3n) is 3.90. The fourth-order valence-electron chi connectivity index (χ4n) is 2.62. The van der Waals surface area contributed by atoms with Crippen LogP contribution in [0.4, 0.5) is 14.9 Å². The summed E-state index contributed by atoms with van der Waals surface area (Å²) in [6, 6.07) is 11.9. The molecule has 5 nitrogen and oxygen atoms in total. The van der Waals surface area contributed by atoms with Gasteiger partial charge in [-0.15, -0.1) is 0 Å². The molecule has 6 heteroatoms. The molecule has 0 saturated carbocycles. The second-order valence-corrected chi connectivity index (χ2v) is 6.04. The second kappa shape index (κ2) is 5.46. The zero-order valence-electron chi connectivity index (χ0n) is 13.1. The number of hydrogen-bond donors (Lipinski definition) is 1. The monoisotopic (exact) mass is 323 g/mol. The van der Waals surface area contributed by atoms with Gasteiger partial charge in [-0.2, -0.15) is 5.26 Å². The molecule has 0 spiro atoms. The maximum Gasteiger partial charge on any atom is 0.329 e. The number of hydrogen-bond acceptors (Lipinski definition) is 3. The van der Waals surface area contributed by atoms with Crippen LogP contribution in [0.15, 0.2) is 42.5 Å². The molecule has 2 aromatic carbocycles. The number of anilines is 1. The number of nitrogens with one attached hydrogen (secondary N) is 1. The Kier molecular flexibility index (Phi) is 3.57. The van der Waals surface area contributed by atoms with Crippen molar-refractivity contribution in [1.82, 2.24) is 5.32 Å². The van der Waals surface area contributed by atoms with Crippen molar-refractivity contribution >= 4 is 17.6 Å². The molecule has 0 radical (unpaired) electrons. The van der Waals surface area contributed by atoms with E-state index in [0.717, 1.165) is 4.90 Å². The van der Waals surface area contributed by atoms with Crippen molar-refractivity contribution in [3.8, 4) is 17.2 Å². The Bertz CT molecular complexity index is 882. The van der Waals surface area contributed by atoms with Gasteiger partial charge in [0.1, 0.15) is 11.4 Å². The van der Waals surface area contributed by atoms with Crippen LogP contribution >= 0.6 is 0 Å². The molecule has 1 aliphatic heterocycles. The molecule has 0 aromatic heterocycles. The largest absolute Gasteiger partial charge is 0.329 e. The van der Waals surface area contributed by atoms with Crippen LogP contribution in [0.1, 0.15) is 19.4 Å². The highest BCUT2D eigenvalue weighted by Gasteiger charge is 2.45. The zero-order valence-corrected chi connectivity index (χ0v) is 13.1. The molecule has 3 amide bonds. The van der Waals surface area contributed by atoms with Crippen molar-refractivity contribution < 1.29 is 14.0 Å². The summed E-state index contributed by atoms with van der Waals surface area (Å²) in [7, 11) is 0. The molecule has 0 unspecified atom stereocenters. The van der Waals surface area contributed by atoms with Gasteiger partial charge in [-0.05, 0) is 49.7 Å². The van der Waals surface area contributed by atoms with Gasteiger partial charge in [0, 0.05) is 5.56 Å². The summed E-state index contributed by atoms with van der Waals surface area (Å²) in [5.74, 6) is -0.758. The van der Waals surface area contributed by atoms with Crippen molar-refractivity contribution in [3.05, 3.63) is 53.8 Å². The first kappa shape index (κ1) is 15.7. The molecule has 0 bridgehead atoms. The number of rotatable bonds is 2. The van der Waals surface area contributed by atoms with Gasteiger partial charge in [0.2, 0.25) is 0 Å². The van der Waals surface area contributed by atoms with Crippen LogP contribution in [0.2, 0.25) is 0 Å². The maximum absolute atomic E-state index is 13.1. The first-order valence-electron chi connectivity index (χ1n) is 7.30. The van der Waals surface area contributed by atoms with Crippen LogP contribution in [-0.2, 0) is 4.79 Å². The summed E-state index contributed by atoms with van der Waals surface area (Å²) in [4.78, 5) is 25.6. The number of carbonyl (C=O) groups excluding carboxylic acids is 2. The molecule has 1 saturated heterocycles. The first-order valence-corrected chi connectivity index (χ1v) is 7.30. The van der Waals surface area contributed by atoms with Crippen molar-refractivity contribution in [2.75, 3.05) is 4.90 Å². The minimum Gasteiger partial charge on any atom is -0.323 e. The number of carbonyl (C=O) groups is 2. The Morgan fingerprint density at radius 2 is 1.79 bits per heavy atom. The fraction of sp³-hybridized carbons (Fsp3) is 0.167. The van der Waals surface area contributed by atoms with E-state index in [-0.39, 0.29) is 11.7 Å². The molecule has 1 heterocycles. The highest BCUT2D eigenvalue weighted by Crippen LogP contribution is 2.31. The summed E-state index contributed by atoms with van der Waals surface area (Å²) in [6.07, 6.45) is 0. The van der Waals surface area contributed by atoms with Gasteiger partial charge >= 0.3 is 6.03 Å². The first-order chi connectivity index (χ1) is 11.3. The van der Waals surface area contributed by atoms with Crippen molar-refractivity contribution in [1.29, 1.82) is 5.26 Å². The van der Waals surface area contributed by atoms with Crippen molar-refractivity contribution in [3.63, 3.8) is 0 Å². The number of nitrogens with zero attached hydrogens (tertiary/aromatic N) is 2. The number of halogens is 1. The third kappa shape index (κ3) is 2.50. The average molecular weight is 323 g/mol. The number of nitriles is 1. The van der Waals surface area contributed by atoms with E-state index in [9.17, 15) is 19.2 Å². The maximum atomic E-state index is 13.1. The van der Waals surface area contributed by atoms with E-state index in [1.54, 1.807) is 44.2 Å². The van der Waals surface area contributed by atoms with Crippen LogP contribution in [0.5, 0.6) is 0 Å². The predicted octanol–water partition coefficient (Wildman–Crippen LogP) is 3.20. The lowest BCUT2D eigenvalue weighted by atomic mass is 9.99. The van der Waals surface area contributed by atoms with Gasteiger partial charge < -0.3 is 5.32 Å². The summed E-state index contributed by atoms with van der Waals surface area (Å²) < 4.78 is 13.1. The van der Waals surface area contributed by atoms with Crippen molar-refractivity contribution in [2.45, 2.75) is 19.4 Å². The number of amides is 3. The molecule has 24 heavy (non-hydrogen) atoms. The molecule has 120 valence electrons. The average Bonchev–Trinajstić information content (AvgIpc) is 2.75. The number of benzene rings is 2. The Balaban J connectivity index is 2.11. The van der Waals surface area contributed by atoms with Crippen LogP contribution in [0.3, 0.4) is 0 Å². The highest BCUT2D eigenvalue weighted by atomic mass is 19.1. The molecular formula is C18H14FN3O2. The standard InChI is InChI=1S/C18H14FN3O2/c1-18(2)16(23)22(17(24)21-18)14-8-5-12(10-20)15(9-14)11-3-6-13(19)7-4-11/h3-9H,1-2H3,(H,21,24). The lowest BCUT2D eigenvalue weighted by Crippen LogP contribution is -2.40. The van der Waals surface area contributed by atoms with Crippen LogP contribution in [0, 0.1) is 17.1 Å². The van der Waals surface area contributed by atoms with Gasteiger partial charge in [-0.1, -0.05) is 12.1 Å². The van der Waals surface area contributed by atoms with E-state index in [0.29, 0.717) is 22.4 Å². The van der Waals surface area contributed by atoms with Crippen LogP contribution < -0.4 is 10.2 Å². The van der Waals surface area contributed by atoms with Gasteiger partial charge in [-0.25, -0.2) is 14.1 Å². The van der Waals surface area contributed by atoms with Gasteiger partial charge in [-0.3, -0.25) is 4.79 Å². The Hall–Kier alpha value is -3.20. The SMILES string of the molecule is CC1(C)NC(=O)N(c2ccc(C#N)c(-c3ccc(F)cc3)c2)C1=O. The normalized spacial score (nSPS) is 16.0. The minimum atomic E-state index is -0.985. The van der Waals surface area contributed by atoms with E-state index < -0.39 is 11.6 Å². The molecular weight excluding hydrogens is 309 g/mol. The molecule has 1 N–H and O–H groups in total. The molecule has 2 aromatic rings. The molecule has 1 fully saturated rings. The smallest absolute Gasteiger partial charge is 0.323 e. The Labute approximate surface area is 138 Å². The molecule has 0 atom stereocenters. The van der Waals surface area contributed by atoms with E-state index in [1.807, 2.05) is 0 Å². The summed E-state index contributed by atoms with van der Waals surface area (Å²) in [6.45, 7) is 3.25. The van der Waals surface area contributed by atoms with E-state index >= 15 is 0 Å². The third-order valence-corrected chi connectivity index (χ3v) is 3.90. The van der Waals surface area contributed by atoms with Crippen LogP contribution in [-0.4, -0.2) is 17.5 Å². The van der Waals surface area contributed by atoms with Crippen LogP contribution in [0.25, 0.3) is 11.1 Å². The van der Waals surface area contributed by atoms with Gasteiger partial charge in [0.15, 0.2) is 0 Å². The van der Waals surface area contributed by atoms with E-state index in [1.165, 1.54) is 12.1 Å². The quantitative estimate of drug-likeness (QED) is 0.863.